The van der Waals surface area contributed by atoms with E-state index >= 15 is 0 Å². The van der Waals surface area contributed by atoms with E-state index in [2.05, 4.69) is 318 Å². The second kappa shape index (κ2) is 24.9. The van der Waals surface area contributed by atoms with Crippen LogP contribution in [-0.4, -0.2) is 11.7 Å². The third-order valence-corrected chi connectivity index (χ3v) is 21.3. The number of fused-ring (bicyclic) bond motifs is 4. The molecule has 0 radical (unpaired) electrons. The molecule has 0 saturated heterocycles. The maximum atomic E-state index is 6.04. The highest BCUT2D eigenvalue weighted by Gasteiger charge is 2.45. The standard InChI is InChI=1S/C91H84BN3/c1-90(2,3)77-39-43-79(44-40-77)94-85-47-37-67(61-25-13-7-14-26-61)55-81(85)92-82-56-68(62-27-15-8-16-28-62)38-48-86(82)95(80-45-41-78(42-46-80)91(4,5)6)88-60-76(59-87(94)89(88)92)84-58-74(73-51-69(63-29-17-9-18-30-63)49-70(52-73)64-31-19-10-20-32-64)57-83(93-84)75-53-71(65-33-21-11-22-34-65)50-72(54-75)66-35-23-12-24-36-66/h9-12,17-24,29-62H,7-8,13-16,25-28H2,1-6H3. The van der Waals surface area contributed by atoms with Gasteiger partial charge in [0, 0.05) is 45.3 Å². The molecule has 95 heavy (non-hydrogen) atoms. The third kappa shape index (κ3) is 11.7. The Kier molecular flexibility index (Phi) is 15.7. The molecule has 3 heterocycles. The number of aromatic nitrogens is 1. The molecule has 16 rings (SSSR count). The van der Waals surface area contributed by atoms with Crippen molar-refractivity contribution in [3.8, 4) is 78.1 Å². The van der Waals surface area contributed by atoms with Gasteiger partial charge in [0.15, 0.2) is 0 Å². The van der Waals surface area contributed by atoms with Gasteiger partial charge >= 0.3 is 0 Å². The molecule has 0 unspecified atom stereocenters. The molecule has 0 amide bonds. The Labute approximate surface area is 564 Å². The van der Waals surface area contributed by atoms with Crippen LogP contribution in [0.25, 0.3) is 78.1 Å². The summed E-state index contributed by atoms with van der Waals surface area (Å²) in [5, 5.41) is 0. The number of rotatable bonds is 11. The van der Waals surface area contributed by atoms with Crippen molar-refractivity contribution in [1.82, 2.24) is 4.98 Å². The monoisotopic (exact) mass is 1230 g/mol. The van der Waals surface area contributed by atoms with Crippen molar-refractivity contribution in [1.29, 1.82) is 0 Å². The fraction of sp³-hybridized carbons (Fsp3) is 0.220. The lowest BCUT2D eigenvalue weighted by Gasteiger charge is -2.45. The summed E-state index contributed by atoms with van der Waals surface area (Å²) in [5.41, 5.74) is 32.4. The van der Waals surface area contributed by atoms with E-state index in [0.717, 1.165) is 67.3 Å². The molecule has 4 heteroatoms. The first-order chi connectivity index (χ1) is 46.3. The van der Waals surface area contributed by atoms with Crippen LogP contribution < -0.4 is 26.2 Å². The van der Waals surface area contributed by atoms with Gasteiger partial charge in [0.2, 0.25) is 0 Å². The van der Waals surface area contributed by atoms with Crippen molar-refractivity contribution in [2.24, 2.45) is 0 Å². The number of hydrogen-bond donors (Lipinski definition) is 0. The molecule has 2 aliphatic carbocycles. The molecule has 466 valence electrons. The van der Waals surface area contributed by atoms with E-state index in [9.17, 15) is 0 Å². The van der Waals surface area contributed by atoms with Gasteiger partial charge in [0.25, 0.3) is 6.71 Å². The molecule has 0 atom stereocenters. The topological polar surface area (TPSA) is 19.4 Å². The first-order valence-electron chi connectivity index (χ1n) is 35.2. The van der Waals surface area contributed by atoms with Crippen LogP contribution in [0.1, 0.15) is 140 Å². The highest BCUT2D eigenvalue weighted by Crippen LogP contribution is 2.49. The maximum Gasteiger partial charge on any atom is 0.252 e. The van der Waals surface area contributed by atoms with Gasteiger partial charge in [-0.1, -0.05) is 250 Å². The Bertz CT molecular complexity index is 4370. The Balaban J connectivity index is 1.00. The Morgan fingerprint density at radius 3 is 0.958 bits per heavy atom. The van der Waals surface area contributed by atoms with Crippen LogP contribution in [0.5, 0.6) is 0 Å². The number of hydrogen-bond acceptors (Lipinski definition) is 3. The van der Waals surface area contributed by atoms with E-state index < -0.39 is 0 Å². The predicted molar refractivity (Wildman–Crippen MR) is 405 cm³/mol. The van der Waals surface area contributed by atoms with Crippen molar-refractivity contribution in [3.05, 3.63) is 289 Å². The van der Waals surface area contributed by atoms with Crippen LogP contribution in [0.4, 0.5) is 34.1 Å². The summed E-state index contributed by atoms with van der Waals surface area (Å²) in [6, 6.07) is 102. The number of pyridine rings is 1. The quantitative estimate of drug-likeness (QED) is 0.120. The molecule has 12 aromatic rings. The minimum Gasteiger partial charge on any atom is -0.311 e. The van der Waals surface area contributed by atoms with Crippen LogP contribution >= 0.6 is 0 Å². The van der Waals surface area contributed by atoms with Crippen molar-refractivity contribution in [3.63, 3.8) is 0 Å². The number of benzene rings is 11. The maximum absolute atomic E-state index is 6.04. The second-order valence-electron chi connectivity index (χ2n) is 29.6. The zero-order valence-electron chi connectivity index (χ0n) is 56.0. The SMILES string of the molecule is CC(C)(C)c1ccc(N2c3ccc(C4CCCCC4)cc3B3c4cc(C5CCCCC5)ccc4N(c4ccc(C(C)(C)C)cc4)c4cc(-c5cc(-c6cc(-c7ccccc7)cc(-c7ccccc7)c6)cc(-c6cc(-c7ccccc7)cc(-c7ccccc7)c6)n5)cc2c43)cc1. The van der Waals surface area contributed by atoms with Crippen molar-refractivity contribution in [2.75, 3.05) is 9.80 Å². The summed E-state index contributed by atoms with van der Waals surface area (Å²) >= 11 is 0. The van der Waals surface area contributed by atoms with Crippen LogP contribution in [-0.2, 0) is 10.8 Å². The summed E-state index contributed by atoms with van der Waals surface area (Å²) in [4.78, 5) is 11.3. The molecule has 4 aliphatic rings. The highest BCUT2D eigenvalue weighted by molar-refractivity contribution is 7.00. The molecule has 3 nitrogen and oxygen atoms in total. The molecule has 2 aliphatic heterocycles. The van der Waals surface area contributed by atoms with Crippen LogP contribution in [0.15, 0.2) is 267 Å². The zero-order chi connectivity index (χ0) is 64.4. The van der Waals surface area contributed by atoms with Gasteiger partial charge in [-0.3, -0.25) is 0 Å². The molecule has 0 bridgehead atoms. The van der Waals surface area contributed by atoms with E-state index in [4.69, 9.17) is 4.98 Å². The Morgan fingerprint density at radius 2 is 0.611 bits per heavy atom. The minimum atomic E-state index is -0.0227. The van der Waals surface area contributed by atoms with E-state index in [0.29, 0.717) is 11.8 Å². The lowest BCUT2D eigenvalue weighted by molar-refractivity contribution is 0.444. The molecule has 2 saturated carbocycles. The molecular weight excluding hydrogens is 1150 g/mol. The largest absolute Gasteiger partial charge is 0.311 e. The summed E-state index contributed by atoms with van der Waals surface area (Å²) in [6.45, 7) is 13.9. The predicted octanol–water partition coefficient (Wildman–Crippen LogP) is 23.5. The molecule has 1 aromatic heterocycles. The van der Waals surface area contributed by atoms with Crippen LogP contribution in [0.2, 0.25) is 0 Å². The smallest absolute Gasteiger partial charge is 0.252 e. The highest BCUT2D eigenvalue weighted by atomic mass is 15.2. The zero-order valence-corrected chi connectivity index (χ0v) is 56.0. The van der Waals surface area contributed by atoms with Gasteiger partial charge in [0.1, 0.15) is 0 Å². The lowest BCUT2D eigenvalue weighted by Crippen LogP contribution is -2.61. The number of anilines is 6. The normalized spacial score (nSPS) is 14.9. The average Bonchev–Trinajstić information content (AvgIpc) is 0.696. The fourth-order valence-electron chi connectivity index (χ4n) is 16.1. The van der Waals surface area contributed by atoms with E-state index in [1.165, 1.54) is 148 Å². The molecule has 11 aromatic carbocycles. The minimum absolute atomic E-state index is 0.0143. The Morgan fingerprint density at radius 1 is 0.295 bits per heavy atom. The second-order valence-corrected chi connectivity index (χ2v) is 29.6. The first-order valence-corrected chi connectivity index (χ1v) is 35.2. The third-order valence-electron chi connectivity index (χ3n) is 21.3. The van der Waals surface area contributed by atoms with Gasteiger partial charge in [-0.15, -0.1) is 0 Å². The van der Waals surface area contributed by atoms with E-state index in [-0.39, 0.29) is 17.5 Å². The summed E-state index contributed by atoms with van der Waals surface area (Å²) in [7, 11) is 0. The van der Waals surface area contributed by atoms with Gasteiger partial charge in [-0.05, 0) is 240 Å². The molecule has 2 fully saturated rings. The van der Waals surface area contributed by atoms with Crippen molar-refractivity contribution in [2.45, 2.75) is 128 Å². The van der Waals surface area contributed by atoms with Crippen LogP contribution in [0, 0.1) is 0 Å². The average molecular weight is 1230 g/mol. The van der Waals surface area contributed by atoms with Crippen molar-refractivity contribution >= 4 is 57.2 Å². The molecule has 0 N–H and O–H groups in total. The van der Waals surface area contributed by atoms with Gasteiger partial charge < -0.3 is 9.80 Å². The van der Waals surface area contributed by atoms with Gasteiger partial charge in [-0.25, -0.2) is 4.98 Å². The van der Waals surface area contributed by atoms with Crippen molar-refractivity contribution < 1.29 is 0 Å². The Hall–Kier alpha value is -9.77. The van der Waals surface area contributed by atoms with Gasteiger partial charge in [0.05, 0.1) is 11.4 Å². The number of nitrogens with zero attached hydrogens (tertiary/aromatic N) is 3. The molecular formula is C91H84BN3. The fourth-order valence-corrected chi connectivity index (χ4v) is 16.1. The van der Waals surface area contributed by atoms with E-state index in [1.807, 2.05) is 0 Å². The summed E-state index contributed by atoms with van der Waals surface area (Å²) < 4.78 is 0. The van der Waals surface area contributed by atoms with Gasteiger partial charge in [-0.2, -0.15) is 0 Å². The van der Waals surface area contributed by atoms with E-state index in [1.54, 1.807) is 0 Å². The first kappa shape index (κ1) is 60.2. The lowest BCUT2D eigenvalue weighted by atomic mass is 9.33. The summed E-state index contributed by atoms with van der Waals surface area (Å²) in [6.07, 6.45) is 12.8. The summed E-state index contributed by atoms with van der Waals surface area (Å²) in [5.74, 6) is 1.10. The molecule has 0 spiro atoms. The van der Waals surface area contributed by atoms with Crippen LogP contribution in [0.3, 0.4) is 0 Å².